The largest absolute Gasteiger partial charge is 0.507 e. The fourth-order valence-corrected chi connectivity index (χ4v) is 7.00. The summed E-state index contributed by atoms with van der Waals surface area (Å²) in [6.07, 6.45) is 4.43. The van der Waals surface area contributed by atoms with Gasteiger partial charge < -0.3 is 14.8 Å². The molecule has 2 aromatic rings. The van der Waals surface area contributed by atoms with Crippen molar-refractivity contribution in [3.63, 3.8) is 0 Å². The van der Waals surface area contributed by atoms with E-state index in [0.717, 1.165) is 40.7 Å². The van der Waals surface area contributed by atoms with Gasteiger partial charge in [0.15, 0.2) is 9.84 Å². The molecule has 0 aromatic heterocycles. The van der Waals surface area contributed by atoms with Crippen molar-refractivity contribution in [2.45, 2.75) is 50.3 Å². The first-order valence-electron chi connectivity index (χ1n) is 11.2. The Morgan fingerprint density at radius 3 is 2.59 bits per heavy atom. The highest BCUT2D eigenvalue weighted by Gasteiger charge is 2.48. The average molecular weight is 452 g/mol. The van der Waals surface area contributed by atoms with Crippen molar-refractivity contribution in [2.75, 3.05) is 5.75 Å². The van der Waals surface area contributed by atoms with Gasteiger partial charge in [0.2, 0.25) is 0 Å². The number of aromatic hydroxyl groups is 1. The highest BCUT2D eigenvalue weighted by atomic mass is 32.2. The number of rotatable bonds is 7. The molecule has 4 rings (SSSR count). The van der Waals surface area contributed by atoms with Crippen molar-refractivity contribution >= 4 is 28.6 Å². The van der Waals surface area contributed by atoms with Gasteiger partial charge in [-0.3, -0.25) is 0 Å². The van der Waals surface area contributed by atoms with E-state index in [4.69, 9.17) is 4.65 Å². The third-order valence-corrected chi connectivity index (χ3v) is 8.35. The van der Waals surface area contributed by atoms with Crippen LogP contribution < -0.4 is 0 Å². The molecule has 168 valence electrons. The van der Waals surface area contributed by atoms with Crippen LogP contribution in [0.5, 0.6) is 5.75 Å². The summed E-state index contributed by atoms with van der Waals surface area (Å²) in [4.78, 5) is 0. The number of fused-ring (bicyclic) bond motifs is 1. The molecule has 1 fully saturated rings. The van der Waals surface area contributed by atoms with Gasteiger partial charge in [0.05, 0.1) is 17.1 Å². The molecule has 5 nitrogen and oxygen atoms in total. The van der Waals surface area contributed by atoms with E-state index >= 15 is 0 Å². The summed E-state index contributed by atoms with van der Waals surface area (Å²) >= 11 is 0. The molecule has 7 heteroatoms. The summed E-state index contributed by atoms with van der Waals surface area (Å²) in [5.74, 6) is 0.285. The summed E-state index contributed by atoms with van der Waals surface area (Å²) in [5.41, 5.74) is 4.60. The fraction of sp³-hybridized carbons (Fsp3) is 0.360. The van der Waals surface area contributed by atoms with E-state index in [1.165, 1.54) is 0 Å². The number of allylic oxidation sites excluding steroid dienone is 1. The molecule has 0 saturated carbocycles. The number of phenols is 1. The maximum Gasteiger partial charge on any atom is 0.456 e. The number of para-hydroxylation sites is 1. The van der Waals surface area contributed by atoms with E-state index in [1.54, 1.807) is 12.1 Å². The predicted octanol–water partition coefficient (Wildman–Crippen LogP) is 4.49. The highest BCUT2D eigenvalue weighted by molar-refractivity contribution is 7.92. The Labute approximate surface area is 190 Å². The van der Waals surface area contributed by atoms with Crippen LogP contribution in [-0.2, 0) is 14.5 Å². The minimum atomic E-state index is -3.29. The van der Waals surface area contributed by atoms with Crippen LogP contribution >= 0.6 is 0 Å². The van der Waals surface area contributed by atoms with E-state index in [2.05, 4.69) is 0 Å². The maximum atomic E-state index is 12.8. The Morgan fingerprint density at radius 1 is 1.16 bits per heavy atom. The standard InChI is InChI=1S/C25H29BO5S/c1-2-8-21-17-32(29,30)24-16-26(28)31-23(25(21)24)14-13-19(18-9-4-3-5-10-18)15-20-11-6-7-12-22(20)27/h3-7,9-12,15,23-24,27-28H,2,8,13-14,16-17H2,1H3/b19-15-/t23-,24+/m1/s1. The topological polar surface area (TPSA) is 83.8 Å². The average Bonchev–Trinajstić information content (AvgIpc) is 3.02. The summed E-state index contributed by atoms with van der Waals surface area (Å²) in [6.45, 7) is 2.05. The molecule has 0 bridgehead atoms. The lowest BCUT2D eigenvalue weighted by molar-refractivity contribution is 0.171. The number of sulfone groups is 1. The molecule has 0 radical (unpaired) electrons. The van der Waals surface area contributed by atoms with Crippen LogP contribution in [-0.4, -0.2) is 42.8 Å². The molecule has 2 N–H and O–H groups in total. The lowest BCUT2D eigenvalue weighted by atomic mass is 9.74. The van der Waals surface area contributed by atoms with Gasteiger partial charge in [-0.1, -0.05) is 67.4 Å². The molecule has 32 heavy (non-hydrogen) atoms. The van der Waals surface area contributed by atoms with Crippen LogP contribution in [0.3, 0.4) is 0 Å². The molecule has 2 heterocycles. The van der Waals surface area contributed by atoms with Crippen LogP contribution in [0.15, 0.2) is 65.7 Å². The number of hydrogen-bond acceptors (Lipinski definition) is 5. The molecule has 2 atom stereocenters. The van der Waals surface area contributed by atoms with E-state index in [-0.39, 0.29) is 17.8 Å². The quantitative estimate of drug-likeness (QED) is 0.368. The number of benzene rings is 2. The van der Waals surface area contributed by atoms with Crippen molar-refractivity contribution in [1.29, 1.82) is 0 Å². The van der Waals surface area contributed by atoms with E-state index in [1.807, 2.05) is 55.5 Å². The lowest BCUT2D eigenvalue weighted by Crippen LogP contribution is -2.41. The second-order valence-electron chi connectivity index (χ2n) is 8.55. The Hall–Kier alpha value is -2.35. The lowest BCUT2D eigenvalue weighted by Gasteiger charge is -2.32. The molecule has 2 aromatic carbocycles. The van der Waals surface area contributed by atoms with Gasteiger partial charge in [0, 0.05) is 11.9 Å². The summed E-state index contributed by atoms with van der Waals surface area (Å²) in [7, 11) is -4.37. The van der Waals surface area contributed by atoms with Crippen molar-refractivity contribution < 1.29 is 23.2 Å². The van der Waals surface area contributed by atoms with Gasteiger partial charge in [-0.05, 0) is 48.1 Å². The first-order valence-corrected chi connectivity index (χ1v) is 12.9. The van der Waals surface area contributed by atoms with Crippen LogP contribution in [0.2, 0.25) is 6.32 Å². The molecule has 0 unspecified atom stereocenters. The number of hydrogen-bond donors (Lipinski definition) is 2. The van der Waals surface area contributed by atoms with Crippen LogP contribution in [0.1, 0.15) is 43.7 Å². The van der Waals surface area contributed by atoms with Crippen LogP contribution in [0, 0.1) is 0 Å². The third-order valence-electron chi connectivity index (χ3n) is 6.29. The number of phenolic OH excluding ortho intramolecular Hbond substituents is 1. The molecule has 0 spiro atoms. The molecule has 2 aliphatic heterocycles. The normalized spacial score (nSPS) is 22.8. The summed E-state index contributed by atoms with van der Waals surface area (Å²) in [6, 6.07) is 17.1. The zero-order valence-electron chi connectivity index (χ0n) is 18.3. The second kappa shape index (κ2) is 9.65. The van der Waals surface area contributed by atoms with Gasteiger partial charge in [-0.2, -0.15) is 0 Å². The van der Waals surface area contributed by atoms with Gasteiger partial charge >= 0.3 is 7.12 Å². The van der Waals surface area contributed by atoms with E-state index in [9.17, 15) is 18.5 Å². The van der Waals surface area contributed by atoms with E-state index in [0.29, 0.717) is 12.8 Å². The third kappa shape index (κ3) is 4.85. The van der Waals surface area contributed by atoms with Crippen LogP contribution in [0.25, 0.3) is 11.6 Å². The summed E-state index contributed by atoms with van der Waals surface area (Å²) < 4.78 is 31.4. The zero-order valence-corrected chi connectivity index (χ0v) is 19.1. The molecule has 2 aliphatic rings. The first-order chi connectivity index (χ1) is 15.4. The van der Waals surface area contributed by atoms with Gasteiger partial charge in [0.25, 0.3) is 0 Å². The first kappa shape index (κ1) is 22.8. The Kier molecular flexibility index (Phi) is 6.89. The highest BCUT2D eigenvalue weighted by Crippen LogP contribution is 2.41. The molecule has 0 amide bonds. The molecule has 0 aliphatic carbocycles. The predicted molar refractivity (Wildman–Crippen MR) is 129 cm³/mol. The van der Waals surface area contributed by atoms with Crippen molar-refractivity contribution in [1.82, 2.24) is 0 Å². The van der Waals surface area contributed by atoms with Crippen molar-refractivity contribution in [2.24, 2.45) is 0 Å². The second-order valence-corrected chi connectivity index (χ2v) is 10.7. The molecular formula is C25H29BO5S. The maximum absolute atomic E-state index is 12.8. The van der Waals surface area contributed by atoms with E-state index < -0.39 is 28.3 Å². The smallest absolute Gasteiger partial charge is 0.456 e. The Morgan fingerprint density at radius 2 is 1.88 bits per heavy atom. The van der Waals surface area contributed by atoms with Crippen molar-refractivity contribution in [3.05, 3.63) is 76.9 Å². The Balaban J connectivity index is 1.65. The zero-order chi connectivity index (χ0) is 22.7. The minimum absolute atomic E-state index is 0.0761. The molecular weight excluding hydrogens is 423 g/mol. The monoisotopic (exact) mass is 452 g/mol. The van der Waals surface area contributed by atoms with Gasteiger partial charge in [-0.15, -0.1) is 0 Å². The SMILES string of the molecule is CCCC1=C2[C@@H](CC/C(=C/c3ccccc3O)c3ccccc3)OB(O)C[C@@H]2S(=O)(=O)C1. The minimum Gasteiger partial charge on any atom is -0.507 e. The van der Waals surface area contributed by atoms with Crippen LogP contribution in [0.4, 0.5) is 0 Å². The molecule has 1 saturated heterocycles. The fourth-order valence-electron chi connectivity index (χ4n) is 4.84. The van der Waals surface area contributed by atoms with Crippen molar-refractivity contribution in [3.8, 4) is 5.75 Å². The Bertz CT molecular complexity index is 1120. The summed E-state index contributed by atoms with van der Waals surface area (Å²) in [5, 5.41) is 19.9. The van der Waals surface area contributed by atoms with Gasteiger partial charge in [-0.25, -0.2) is 8.42 Å². The van der Waals surface area contributed by atoms with Gasteiger partial charge in [0.1, 0.15) is 5.75 Å².